The van der Waals surface area contributed by atoms with E-state index >= 15 is 0 Å². The van der Waals surface area contributed by atoms with Gasteiger partial charge in [0.05, 0.1) is 0 Å². The van der Waals surface area contributed by atoms with E-state index in [1.165, 1.54) is 11.0 Å². The van der Waals surface area contributed by atoms with Crippen LogP contribution in [0.1, 0.15) is 23.3 Å². The van der Waals surface area contributed by atoms with Gasteiger partial charge in [-0.15, -0.1) is 0 Å². The number of likely N-dealkylation sites (tertiary alicyclic amines) is 1. The Hall–Kier alpha value is -2.34. The first-order valence-corrected chi connectivity index (χ1v) is 7.20. The fourth-order valence-electron chi connectivity index (χ4n) is 2.57. The van der Waals surface area contributed by atoms with Crippen molar-refractivity contribution >= 4 is 23.5 Å². The Morgan fingerprint density at radius 2 is 2.18 bits per heavy atom. The summed E-state index contributed by atoms with van der Waals surface area (Å²) in [5.74, 6) is -1.01. The summed E-state index contributed by atoms with van der Waals surface area (Å²) in [5, 5.41) is 13.4. The van der Waals surface area contributed by atoms with Crippen molar-refractivity contribution < 1.29 is 19.2 Å². The minimum Gasteiger partial charge on any atom is -0.480 e. The summed E-state index contributed by atoms with van der Waals surface area (Å²) >= 11 is 5.92. The number of carbonyl (C=O) groups excluding carboxylic acids is 1. The summed E-state index contributed by atoms with van der Waals surface area (Å²) in [4.78, 5) is 24.9. The zero-order valence-corrected chi connectivity index (χ0v) is 12.3. The molecule has 114 valence electrons. The normalized spacial score (nSPS) is 17.7. The molecule has 0 spiro atoms. The van der Waals surface area contributed by atoms with Gasteiger partial charge in [0.2, 0.25) is 0 Å². The number of aromatic nitrogens is 1. The van der Waals surface area contributed by atoms with Crippen LogP contribution in [0.3, 0.4) is 0 Å². The molecule has 22 heavy (non-hydrogen) atoms. The molecular formula is C15H13ClN2O4. The Balaban J connectivity index is 1.84. The first-order valence-electron chi connectivity index (χ1n) is 6.82. The highest BCUT2D eigenvalue weighted by molar-refractivity contribution is 6.30. The fourth-order valence-corrected chi connectivity index (χ4v) is 2.76. The van der Waals surface area contributed by atoms with Gasteiger partial charge in [0, 0.05) is 23.2 Å². The zero-order chi connectivity index (χ0) is 15.7. The fraction of sp³-hybridized carbons (Fsp3) is 0.267. The van der Waals surface area contributed by atoms with Crippen molar-refractivity contribution in [3.05, 3.63) is 41.0 Å². The van der Waals surface area contributed by atoms with Crippen LogP contribution in [-0.2, 0) is 4.79 Å². The lowest BCUT2D eigenvalue weighted by atomic mass is 10.1. The number of rotatable bonds is 3. The van der Waals surface area contributed by atoms with Gasteiger partial charge in [-0.1, -0.05) is 28.9 Å². The number of carboxylic acid groups (broad SMARTS) is 1. The van der Waals surface area contributed by atoms with Crippen molar-refractivity contribution in [3.8, 4) is 11.3 Å². The van der Waals surface area contributed by atoms with Crippen LogP contribution in [0.4, 0.5) is 0 Å². The van der Waals surface area contributed by atoms with E-state index in [1.807, 2.05) is 0 Å². The molecule has 7 heteroatoms. The summed E-state index contributed by atoms with van der Waals surface area (Å²) in [6.07, 6.45) is 1.13. The van der Waals surface area contributed by atoms with Crippen molar-refractivity contribution in [2.75, 3.05) is 6.54 Å². The number of halogens is 1. The Morgan fingerprint density at radius 3 is 2.91 bits per heavy atom. The SMILES string of the molecule is O=C(O)[C@H]1CCCN1C(=O)c1cc(-c2cccc(Cl)c2)on1. The van der Waals surface area contributed by atoms with Crippen LogP contribution in [0.25, 0.3) is 11.3 Å². The molecule has 2 heterocycles. The van der Waals surface area contributed by atoms with Crippen LogP contribution in [0.15, 0.2) is 34.9 Å². The molecule has 1 aromatic carbocycles. The average Bonchev–Trinajstić information content (AvgIpc) is 3.16. The molecule has 1 fully saturated rings. The number of carboxylic acids is 1. The number of amides is 1. The van der Waals surface area contributed by atoms with Gasteiger partial charge in [-0.05, 0) is 25.0 Å². The minimum absolute atomic E-state index is 0.100. The molecule has 1 amide bonds. The van der Waals surface area contributed by atoms with Gasteiger partial charge in [-0.2, -0.15) is 0 Å². The molecule has 0 bridgehead atoms. The Bertz CT molecular complexity index is 728. The number of carbonyl (C=O) groups is 2. The van der Waals surface area contributed by atoms with Gasteiger partial charge in [-0.3, -0.25) is 4.79 Å². The van der Waals surface area contributed by atoms with Crippen molar-refractivity contribution in [1.29, 1.82) is 0 Å². The smallest absolute Gasteiger partial charge is 0.326 e. The van der Waals surface area contributed by atoms with Gasteiger partial charge >= 0.3 is 5.97 Å². The highest BCUT2D eigenvalue weighted by Crippen LogP contribution is 2.25. The molecule has 0 unspecified atom stereocenters. The third-order valence-corrected chi connectivity index (χ3v) is 3.87. The van der Waals surface area contributed by atoms with Crippen molar-refractivity contribution in [2.24, 2.45) is 0 Å². The van der Waals surface area contributed by atoms with E-state index in [1.54, 1.807) is 24.3 Å². The predicted octanol–water partition coefficient (Wildman–Crippen LogP) is 2.68. The number of benzene rings is 1. The van der Waals surface area contributed by atoms with E-state index < -0.39 is 17.9 Å². The molecule has 0 saturated carbocycles. The van der Waals surface area contributed by atoms with Crippen LogP contribution in [0, 0.1) is 0 Å². The zero-order valence-electron chi connectivity index (χ0n) is 11.5. The number of nitrogens with zero attached hydrogens (tertiary/aromatic N) is 2. The summed E-state index contributed by atoms with van der Waals surface area (Å²) in [7, 11) is 0. The third-order valence-electron chi connectivity index (χ3n) is 3.64. The van der Waals surface area contributed by atoms with Gasteiger partial charge in [-0.25, -0.2) is 4.79 Å². The molecule has 6 nitrogen and oxygen atoms in total. The summed E-state index contributed by atoms with van der Waals surface area (Å²) in [5.41, 5.74) is 0.804. The highest BCUT2D eigenvalue weighted by atomic mass is 35.5. The maximum atomic E-state index is 12.4. The maximum Gasteiger partial charge on any atom is 0.326 e. The van der Waals surface area contributed by atoms with E-state index in [9.17, 15) is 9.59 Å². The second kappa shape index (κ2) is 5.81. The van der Waals surface area contributed by atoms with E-state index in [0.717, 1.165) is 0 Å². The molecule has 1 aliphatic rings. The molecule has 2 aromatic rings. The number of hydrogen-bond acceptors (Lipinski definition) is 4. The van der Waals surface area contributed by atoms with Crippen LogP contribution in [0.2, 0.25) is 5.02 Å². The number of hydrogen-bond donors (Lipinski definition) is 1. The lowest BCUT2D eigenvalue weighted by molar-refractivity contribution is -0.141. The third kappa shape index (κ3) is 2.69. The average molecular weight is 321 g/mol. The molecule has 0 aliphatic carbocycles. The first-order chi connectivity index (χ1) is 10.6. The van der Waals surface area contributed by atoms with Gasteiger partial charge in [0.15, 0.2) is 11.5 Å². The molecular weight excluding hydrogens is 308 g/mol. The summed E-state index contributed by atoms with van der Waals surface area (Å²) < 4.78 is 5.18. The second-order valence-corrected chi connectivity index (χ2v) is 5.52. The largest absolute Gasteiger partial charge is 0.480 e. The second-order valence-electron chi connectivity index (χ2n) is 5.08. The van der Waals surface area contributed by atoms with Gasteiger partial charge in [0.25, 0.3) is 5.91 Å². The Kier molecular flexibility index (Phi) is 3.85. The molecule has 0 radical (unpaired) electrons. The standard InChI is InChI=1S/C15H13ClN2O4/c16-10-4-1-3-9(7-10)13-8-11(17-22-13)14(19)18-6-2-5-12(18)15(20)21/h1,3-4,7-8,12H,2,5-6H2,(H,20,21)/t12-/m1/s1. The molecule has 1 aliphatic heterocycles. The topological polar surface area (TPSA) is 83.6 Å². The lowest BCUT2D eigenvalue weighted by Crippen LogP contribution is -2.40. The predicted molar refractivity (Wildman–Crippen MR) is 78.6 cm³/mol. The van der Waals surface area contributed by atoms with Gasteiger partial charge in [0.1, 0.15) is 6.04 Å². The summed E-state index contributed by atoms with van der Waals surface area (Å²) in [6.45, 7) is 0.412. The van der Waals surface area contributed by atoms with Crippen LogP contribution >= 0.6 is 11.6 Å². The van der Waals surface area contributed by atoms with Gasteiger partial charge < -0.3 is 14.5 Å². The van der Waals surface area contributed by atoms with E-state index in [4.69, 9.17) is 21.2 Å². The molecule has 1 N–H and O–H groups in total. The number of aliphatic carboxylic acids is 1. The quantitative estimate of drug-likeness (QED) is 0.940. The molecule has 1 aromatic heterocycles. The maximum absolute atomic E-state index is 12.4. The van der Waals surface area contributed by atoms with Crippen molar-refractivity contribution in [1.82, 2.24) is 10.1 Å². The molecule has 3 rings (SSSR count). The van der Waals surface area contributed by atoms with E-state index in [0.29, 0.717) is 35.7 Å². The minimum atomic E-state index is -0.996. The monoisotopic (exact) mass is 320 g/mol. The van der Waals surface area contributed by atoms with Crippen LogP contribution in [0.5, 0.6) is 0 Å². The van der Waals surface area contributed by atoms with Crippen LogP contribution < -0.4 is 0 Å². The Morgan fingerprint density at radius 1 is 1.36 bits per heavy atom. The van der Waals surface area contributed by atoms with Crippen molar-refractivity contribution in [3.63, 3.8) is 0 Å². The van der Waals surface area contributed by atoms with Crippen molar-refractivity contribution in [2.45, 2.75) is 18.9 Å². The molecule has 1 atom stereocenters. The van der Waals surface area contributed by atoms with E-state index in [2.05, 4.69) is 5.16 Å². The summed E-state index contributed by atoms with van der Waals surface area (Å²) in [6, 6.07) is 7.70. The lowest BCUT2D eigenvalue weighted by Gasteiger charge is -2.19. The first kappa shape index (κ1) is 14.6. The molecule has 1 saturated heterocycles. The van der Waals surface area contributed by atoms with Crippen LogP contribution in [-0.4, -0.2) is 39.6 Å². The van der Waals surface area contributed by atoms with E-state index in [-0.39, 0.29) is 5.69 Å². The highest BCUT2D eigenvalue weighted by Gasteiger charge is 2.35. The Labute approximate surface area is 131 Å².